The molecule has 1 fully saturated rings. The quantitative estimate of drug-likeness (QED) is 0.938. The second-order valence-corrected chi connectivity index (χ2v) is 5.76. The summed E-state index contributed by atoms with van der Waals surface area (Å²) in [7, 11) is 1.65. The van der Waals surface area contributed by atoms with Crippen LogP contribution in [-0.2, 0) is 6.54 Å². The van der Waals surface area contributed by atoms with E-state index in [1.54, 1.807) is 19.2 Å². The molecule has 0 amide bonds. The standard InChI is InChI=1S/C18H22N2O2/c1-22-16-7-8-18(21)15(11-16)13-20-10-3-2-6-17(20)14-5-4-9-19-12-14/h4-5,7-9,11-12,17,21H,2-3,6,10,13H2,1H3/t17-/m0/s1. The summed E-state index contributed by atoms with van der Waals surface area (Å²) in [5, 5.41) is 10.1. The van der Waals surface area contributed by atoms with Gasteiger partial charge in [0.15, 0.2) is 0 Å². The third kappa shape index (κ3) is 3.22. The molecule has 0 spiro atoms. The van der Waals surface area contributed by atoms with Crippen molar-refractivity contribution in [2.45, 2.75) is 31.8 Å². The number of ether oxygens (including phenoxy) is 1. The number of hydrogen-bond donors (Lipinski definition) is 1. The number of aromatic nitrogens is 1. The van der Waals surface area contributed by atoms with Crippen LogP contribution in [0.2, 0.25) is 0 Å². The molecule has 2 aromatic rings. The number of pyridine rings is 1. The molecule has 0 aliphatic carbocycles. The lowest BCUT2D eigenvalue weighted by atomic mass is 9.95. The number of rotatable bonds is 4. The zero-order chi connectivity index (χ0) is 15.4. The van der Waals surface area contributed by atoms with Crippen molar-refractivity contribution in [2.75, 3.05) is 13.7 Å². The largest absolute Gasteiger partial charge is 0.508 e. The van der Waals surface area contributed by atoms with Gasteiger partial charge in [0.25, 0.3) is 0 Å². The molecule has 1 N–H and O–H groups in total. The molecule has 1 atom stereocenters. The van der Waals surface area contributed by atoms with Crippen LogP contribution in [0, 0.1) is 0 Å². The third-order valence-electron chi connectivity index (χ3n) is 4.34. The Balaban J connectivity index is 1.83. The van der Waals surface area contributed by atoms with Crippen LogP contribution in [0.5, 0.6) is 11.5 Å². The van der Waals surface area contributed by atoms with Crippen molar-refractivity contribution in [1.29, 1.82) is 0 Å². The Hall–Kier alpha value is -2.07. The number of aromatic hydroxyl groups is 1. The smallest absolute Gasteiger partial charge is 0.120 e. The Morgan fingerprint density at radius 2 is 2.23 bits per heavy atom. The Labute approximate surface area is 131 Å². The summed E-state index contributed by atoms with van der Waals surface area (Å²) in [5.74, 6) is 1.11. The first kappa shape index (κ1) is 14.9. The highest BCUT2D eigenvalue weighted by Crippen LogP contribution is 2.33. The second-order valence-electron chi connectivity index (χ2n) is 5.76. The first-order valence-corrected chi connectivity index (χ1v) is 7.78. The highest BCUT2D eigenvalue weighted by atomic mass is 16.5. The molecule has 4 heteroatoms. The maximum absolute atomic E-state index is 10.1. The monoisotopic (exact) mass is 298 g/mol. The van der Waals surface area contributed by atoms with Crippen LogP contribution < -0.4 is 4.74 Å². The molecule has 1 aromatic carbocycles. The van der Waals surface area contributed by atoms with E-state index in [4.69, 9.17) is 4.74 Å². The number of likely N-dealkylation sites (tertiary alicyclic amines) is 1. The molecule has 116 valence electrons. The van der Waals surface area contributed by atoms with Crippen LogP contribution in [-0.4, -0.2) is 28.6 Å². The zero-order valence-corrected chi connectivity index (χ0v) is 12.9. The summed E-state index contributed by atoms with van der Waals surface area (Å²) in [6.45, 7) is 1.76. The van der Waals surface area contributed by atoms with E-state index in [-0.39, 0.29) is 0 Å². The van der Waals surface area contributed by atoms with E-state index >= 15 is 0 Å². The van der Waals surface area contributed by atoms with Gasteiger partial charge in [-0.15, -0.1) is 0 Å². The maximum atomic E-state index is 10.1. The lowest BCUT2D eigenvalue weighted by Gasteiger charge is -2.36. The molecule has 0 unspecified atom stereocenters. The van der Waals surface area contributed by atoms with E-state index < -0.39 is 0 Å². The highest BCUT2D eigenvalue weighted by Gasteiger charge is 2.24. The molecule has 22 heavy (non-hydrogen) atoms. The SMILES string of the molecule is COc1ccc(O)c(CN2CCCC[C@H]2c2cccnc2)c1. The summed E-state index contributed by atoms with van der Waals surface area (Å²) in [6, 6.07) is 9.91. The number of benzene rings is 1. The van der Waals surface area contributed by atoms with Crippen molar-refractivity contribution in [1.82, 2.24) is 9.88 Å². The average Bonchev–Trinajstić information content (AvgIpc) is 2.58. The summed E-state index contributed by atoms with van der Waals surface area (Å²) >= 11 is 0. The van der Waals surface area contributed by atoms with E-state index in [1.807, 2.05) is 24.5 Å². The number of methoxy groups -OCH3 is 1. The van der Waals surface area contributed by atoms with E-state index in [1.165, 1.54) is 18.4 Å². The molecule has 3 rings (SSSR count). The molecule has 0 saturated carbocycles. The first-order chi connectivity index (χ1) is 10.8. The molecule has 0 radical (unpaired) electrons. The van der Waals surface area contributed by atoms with Crippen LogP contribution in [0.15, 0.2) is 42.7 Å². The summed E-state index contributed by atoms with van der Waals surface area (Å²) in [5.41, 5.74) is 2.17. The van der Waals surface area contributed by atoms with E-state index in [9.17, 15) is 5.11 Å². The predicted molar refractivity (Wildman–Crippen MR) is 85.9 cm³/mol. The molecule has 2 heterocycles. The van der Waals surface area contributed by atoms with Crippen molar-refractivity contribution in [3.63, 3.8) is 0 Å². The number of phenolic OH excluding ortho intramolecular Hbond substituents is 1. The van der Waals surface area contributed by atoms with E-state index in [2.05, 4.69) is 16.0 Å². The normalized spacial score (nSPS) is 19.0. The van der Waals surface area contributed by atoms with Gasteiger partial charge in [-0.05, 0) is 49.2 Å². The van der Waals surface area contributed by atoms with Gasteiger partial charge in [0.1, 0.15) is 11.5 Å². The van der Waals surface area contributed by atoms with Crippen molar-refractivity contribution >= 4 is 0 Å². The van der Waals surface area contributed by atoms with Gasteiger partial charge >= 0.3 is 0 Å². The Morgan fingerprint density at radius 1 is 1.32 bits per heavy atom. The summed E-state index contributed by atoms with van der Waals surface area (Å²) < 4.78 is 5.27. The van der Waals surface area contributed by atoms with Crippen molar-refractivity contribution in [2.24, 2.45) is 0 Å². The van der Waals surface area contributed by atoms with Gasteiger partial charge in [0.2, 0.25) is 0 Å². The number of nitrogens with zero attached hydrogens (tertiary/aromatic N) is 2. The minimum Gasteiger partial charge on any atom is -0.508 e. The van der Waals surface area contributed by atoms with Crippen molar-refractivity contribution < 1.29 is 9.84 Å². The van der Waals surface area contributed by atoms with Gasteiger partial charge in [-0.1, -0.05) is 12.5 Å². The maximum Gasteiger partial charge on any atom is 0.120 e. The summed E-state index contributed by atoms with van der Waals surface area (Å²) in [4.78, 5) is 6.68. The van der Waals surface area contributed by atoms with Crippen molar-refractivity contribution in [3.05, 3.63) is 53.9 Å². The molecule has 1 saturated heterocycles. The molecule has 0 bridgehead atoms. The minimum atomic E-state index is 0.330. The van der Waals surface area contributed by atoms with Gasteiger partial charge < -0.3 is 9.84 Å². The van der Waals surface area contributed by atoms with Crippen LogP contribution in [0.25, 0.3) is 0 Å². The molecule has 4 nitrogen and oxygen atoms in total. The zero-order valence-electron chi connectivity index (χ0n) is 12.9. The molecule has 1 aliphatic heterocycles. The minimum absolute atomic E-state index is 0.330. The predicted octanol–water partition coefficient (Wildman–Crippen LogP) is 3.52. The van der Waals surface area contributed by atoms with Crippen molar-refractivity contribution in [3.8, 4) is 11.5 Å². The molecule has 1 aliphatic rings. The Kier molecular flexibility index (Phi) is 4.59. The lowest BCUT2D eigenvalue weighted by Crippen LogP contribution is -2.33. The van der Waals surface area contributed by atoms with Gasteiger partial charge in [0, 0.05) is 30.5 Å². The number of piperidine rings is 1. The first-order valence-electron chi connectivity index (χ1n) is 7.78. The van der Waals surface area contributed by atoms with Crippen LogP contribution in [0.3, 0.4) is 0 Å². The molecular formula is C18H22N2O2. The van der Waals surface area contributed by atoms with Crippen LogP contribution >= 0.6 is 0 Å². The number of hydrogen-bond acceptors (Lipinski definition) is 4. The van der Waals surface area contributed by atoms with Gasteiger partial charge in [-0.25, -0.2) is 0 Å². The van der Waals surface area contributed by atoms with Crippen LogP contribution in [0.4, 0.5) is 0 Å². The topological polar surface area (TPSA) is 45.6 Å². The lowest BCUT2D eigenvalue weighted by molar-refractivity contribution is 0.139. The van der Waals surface area contributed by atoms with E-state index in [0.29, 0.717) is 11.8 Å². The second kappa shape index (κ2) is 6.79. The van der Waals surface area contributed by atoms with Gasteiger partial charge in [-0.3, -0.25) is 9.88 Å². The molecular weight excluding hydrogens is 276 g/mol. The van der Waals surface area contributed by atoms with Crippen LogP contribution in [0.1, 0.15) is 36.4 Å². The van der Waals surface area contributed by atoms with E-state index in [0.717, 1.165) is 30.8 Å². The van der Waals surface area contributed by atoms with Gasteiger partial charge in [-0.2, -0.15) is 0 Å². The Morgan fingerprint density at radius 3 is 3.00 bits per heavy atom. The fourth-order valence-corrected chi connectivity index (χ4v) is 3.17. The highest BCUT2D eigenvalue weighted by molar-refractivity contribution is 5.39. The Bertz CT molecular complexity index is 616. The molecule has 1 aromatic heterocycles. The number of phenols is 1. The third-order valence-corrected chi connectivity index (χ3v) is 4.34. The average molecular weight is 298 g/mol. The summed E-state index contributed by atoms with van der Waals surface area (Å²) in [6.07, 6.45) is 7.33. The fourth-order valence-electron chi connectivity index (χ4n) is 3.17. The van der Waals surface area contributed by atoms with Gasteiger partial charge in [0.05, 0.1) is 7.11 Å². The fraction of sp³-hybridized carbons (Fsp3) is 0.389.